The van der Waals surface area contributed by atoms with E-state index < -0.39 is 6.10 Å². The zero-order valence-electron chi connectivity index (χ0n) is 14.6. The van der Waals surface area contributed by atoms with Crippen LogP contribution in [0, 0.1) is 0 Å². The second-order valence-corrected chi connectivity index (χ2v) is 6.72. The van der Waals surface area contributed by atoms with E-state index in [2.05, 4.69) is 11.9 Å². The Hall–Kier alpha value is -2.79. The molecule has 3 rings (SSSR count). The molecule has 0 aromatic heterocycles. The predicted octanol–water partition coefficient (Wildman–Crippen LogP) is 4.28. The smallest absolute Gasteiger partial charge is 0.268 e. The summed E-state index contributed by atoms with van der Waals surface area (Å²) in [5, 5.41) is 3.40. The van der Waals surface area contributed by atoms with Gasteiger partial charge in [-0.05, 0) is 56.3 Å². The SMILES string of the molecule is C=C(C)CN1C(=O)C(C)Oc2ccc(NC(=O)c3ccc(Cl)cc3)cc21. The van der Waals surface area contributed by atoms with E-state index in [1.54, 1.807) is 54.3 Å². The first-order valence-electron chi connectivity index (χ1n) is 8.18. The van der Waals surface area contributed by atoms with Gasteiger partial charge in [-0.1, -0.05) is 23.8 Å². The van der Waals surface area contributed by atoms with Gasteiger partial charge >= 0.3 is 0 Å². The van der Waals surface area contributed by atoms with Crippen LogP contribution in [-0.2, 0) is 4.79 Å². The van der Waals surface area contributed by atoms with E-state index >= 15 is 0 Å². The van der Waals surface area contributed by atoms with Crippen molar-refractivity contribution in [3.05, 3.63) is 65.2 Å². The molecule has 0 fully saturated rings. The van der Waals surface area contributed by atoms with Gasteiger partial charge in [0.1, 0.15) is 5.75 Å². The number of nitrogens with one attached hydrogen (secondary N) is 1. The highest BCUT2D eigenvalue weighted by atomic mass is 35.5. The largest absolute Gasteiger partial charge is 0.479 e. The summed E-state index contributed by atoms with van der Waals surface area (Å²) in [6.45, 7) is 7.86. The molecule has 2 aromatic carbocycles. The van der Waals surface area contributed by atoms with E-state index in [-0.39, 0.29) is 11.8 Å². The summed E-state index contributed by atoms with van der Waals surface area (Å²) in [5.41, 5.74) is 2.53. The van der Waals surface area contributed by atoms with Crippen LogP contribution in [0.2, 0.25) is 5.02 Å². The Labute approximate surface area is 157 Å². The van der Waals surface area contributed by atoms with Crippen LogP contribution in [0.5, 0.6) is 5.75 Å². The maximum atomic E-state index is 12.5. The maximum absolute atomic E-state index is 12.5. The van der Waals surface area contributed by atoms with Crippen molar-refractivity contribution in [3.8, 4) is 5.75 Å². The Bertz CT molecular complexity index is 877. The number of fused-ring (bicyclic) bond motifs is 1. The quantitative estimate of drug-likeness (QED) is 0.817. The van der Waals surface area contributed by atoms with Gasteiger partial charge in [-0.25, -0.2) is 0 Å². The van der Waals surface area contributed by atoms with Gasteiger partial charge in [0, 0.05) is 22.8 Å². The first-order valence-corrected chi connectivity index (χ1v) is 8.56. The first kappa shape index (κ1) is 18.0. The molecule has 1 heterocycles. The number of benzene rings is 2. The van der Waals surface area contributed by atoms with Gasteiger partial charge in [0.25, 0.3) is 11.8 Å². The lowest BCUT2D eigenvalue weighted by molar-refractivity contribution is -0.125. The van der Waals surface area contributed by atoms with Crippen LogP contribution in [0.1, 0.15) is 24.2 Å². The fraction of sp³-hybridized carbons (Fsp3) is 0.200. The molecule has 0 radical (unpaired) electrons. The van der Waals surface area contributed by atoms with E-state index in [0.717, 1.165) is 5.57 Å². The lowest BCUT2D eigenvalue weighted by Gasteiger charge is -2.33. The van der Waals surface area contributed by atoms with Crippen molar-refractivity contribution in [3.63, 3.8) is 0 Å². The number of hydrogen-bond donors (Lipinski definition) is 1. The highest BCUT2D eigenvalue weighted by molar-refractivity contribution is 6.30. The molecule has 1 unspecified atom stereocenters. The number of amides is 2. The summed E-state index contributed by atoms with van der Waals surface area (Å²) in [5.74, 6) is 0.203. The third-order valence-corrected chi connectivity index (χ3v) is 4.21. The summed E-state index contributed by atoms with van der Waals surface area (Å²) < 4.78 is 5.67. The first-order chi connectivity index (χ1) is 12.3. The zero-order chi connectivity index (χ0) is 18.8. The van der Waals surface area contributed by atoms with Crippen LogP contribution in [0.4, 0.5) is 11.4 Å². The minimum absolute atomic E-state index is 0.137. The fourth-order valence-electron chi connectivity index (χ4n) is 2.72. The van der Waals surface area contributed by atoms with Gasteiger partial charge in [0.15, 0.2) is 6.10 Å². The molecule has 1 aliphatic heterocycles. The van der Waals surface area contributed by atoms with Crippen LogP contribution in [0.3, 0.4) is 0 Å². The summed E-state index contributed by atoms with van der Waals surface area (Å²) in [6, 6.07) is 11.8. The highest BCUT2D eigenvalue weighted by Gasteiger charge is 2.31. The van der Waals surface area contributed by atoms with E-state index in [1.807, 2.05) is 6.92 Å². The molecule has 5 nitrogen and oxygen atoms in total. The Morgan fingerprint density at radius 1 is 1.27 bits per heavy atom. The van der Waals surface area contributed by atoms with Crippen molar-refractivity contribution in [1.82, 2.24) is 0 Å². The predicted molar refractivity (Wildman–Crippen MR) is 103 cm³/mol. The molecule has 2 aromatic rings. The van der Waals surface area contributed by atoms with Crippen LogP contribution < -0.4 is 15.0 Å². The second kappa shape index (κ2) is 7.22. The van der Waals surface area contributed by atoms with Gasteiger partial charge in [0.05, 0.1) is 5.69 Å². The Balaban J connectivity index is 1.88. The molecule has 134 valence electrons. The topological polar surface area (TPSA) is 58.6 Å². The van der Waals surface area contributed by atoms with E-state index in [4.69, 9.17) is 16.3 Å². The summed E-state index contributed by atoms with van der Waals surface area (Å²) in [7, 11) is 0. The number of hydrogen-bond acceptors (Lipinski definition) is 3. The number of anilines is 2. The average molecular weight is 371 g/mol. The molecular weight excluding hydrogens is 352 g/mol. The molecule has 0 spiro atoms. The number of nitrogens with zero attached hydrogens (tertiary/aromatic N) is 1. The molecular formula is C20H19ClN2O3. The summed E-state index contributed by atoms with van der Waals surface area (Å²) in [4.78, 5) is 26.5. The van der Waals surface area contributed by atoms with Crippen molar-refractivity contribution >= 4 is 34.8 Å². The minimum atomic E-state index is -0.559. The molecule has 6 heteroatoms. The molecule has 0 aliphatic carbocycles. The molecule has 0 saturated heterocycles. The van der Waals surface area contributed by atoms with E-state index in [0.29, 0.717) is 34.3 Å². The van der Waals surface area contributed by atoms with Gasteiger partial charge in [0.2, 0.25) is 0 Å². The monoisotopic (exact) mass is 370 g/mol. The summed E-state index contributed by atoms with van der Waals surface area (Å²) >= 11 is 5.85. The number of ether oxygens (including phenoxy) is 1. The Kier molecular flexibility index (Phi) is 5.00. The Morgan fingerprint density at radius 2 is 1.96 bits per heavy atom. The van der Waals surface area contributed by atoms with Crippen molar-refractivity contribution < 1.29 is 14.3 Å². The molecule has 1 aliphatic rings. The van der Waals surface area contributed by atoms with E-state index in [1.165, 1.54) is 0 Å². The Morgan fingerprint density at radius 3 is 2.62 bits per heavy atom. The highest BCUT2D eigenvalue weighted by Crippen LogP contribution is 2.36. The minimum Gasteiger partial charge on any atom is -0.479 e. The molecule has 0 bridgehead atoms. The lowest BCUT2D eigenvalue weighted by atomic mass is 10.1. The third kappa shape index (κ3) is 3.73. The number of carbonyl (C=O) groups excluding carboxylic acids is 2. The van der Waals surface area contributed by atoms with Gasteiger partial charge in [-0.15, -0.1) is 0 Å². The van der Waals surface area contributed by atoms with Gasteiger partial charge in [-0.3, -0.25) is 9.59 Å². The molecule has 1 N–H and O–H groups in total. The van der Waals surface area contributed by atoms with Crippen molar-refractivity contribution in [2.45, 2.75) is 20.0 Å². The number of carbonyl (C=O) groups is 2. The second-order valence-electron chi connectivity index (χ2n) is 6.29. The van der Waals surface area contributed by atoms with Gasteiger partial charge < -0.3 is 15.0 Å². The standard InChI is InChI=1S/C20H19ClN2O3/c1-12(2)11-23-17-10-16(8-9-18(17)26-13(3)20(23)25)22-19(24)14-4-6-15(21)7-5-14/h4-10,13H,1,11H2,2-3H3,(H,22,24). The van der Waals surface area contributed by atoms with Crippen molar-refractivity contribution in [1.29, 1.82) is 0 Å². The van der Waals surface area contributed by atoms with Gasteiger partial charge in [-0.2, -0.15) is 0 Å². The van der Waals surface area contributed by atoms with Crippen molar-refractivity contribution in [2.75, 3.05) is 16.8 Å². The lowest BCUT2D eigenvalue weighted by Crippen LogP contribution is -2.45. The number of rotatable bonds is 4. The average Bonchev–Trinajstić information content (AvgIpc) is 2.59. The zero-order valence-corrected chi connectivity index (χ0v) is 15.3. The van der Waals surface area contributed by atoms with Crippen LogP contribution >= 0.6 is 11.6 Å². The number of halogens is 1. The third-order valence-electron chi connectivity index (χ3n) is 3.96. The van der Waals surface area contributed by atoms with Crippen LogP contribution in [0.25, 0.3) is 0 Å². The van der Waals surface area contributed by atoms with E-state index in [9.17, 15) is 9.59 Å². The molecule has 1 atom stereocenters. The maximum Gasteiger partial charge on any atom is 0.268 e. The molecule has 26 heavy (non-hydrogen) atoms. The summed E-state index contributed by atoms with van der Waals surface area (Å²) in [6.07, 6.45) is -0.559. The van der Waals surface area contributed by atoms with Crippen LogP contribution in [0.15, 0.2) is 54.6 Å². The fourth-order valence-corrected chi connectivity index (χ4v) is 2.85. The van der Waals surface area contributed by atoms with Crippen molar-refractivity contribution in [2.24, 2.45) is 0 Å². The normalized spacial score (nSPS) is 15.9. The molecule has 2 amide bonds. The molecule has 0 saturated carbocycles. The van der Waals surface area contributed by atoms with Crippen LogP contribution in [-0.4, -0.2) is 24.5 Å².